The molecule has 2 aliphatic heterocycles. The quantitative estimate of drug-likeness (QED) is 0.673. The molecule has 0 atom stereocenters. The zero-order valence-corrected chi connectivity index (χ0v) is 16.1. The number of carbonyl (C=O) groups is 1. The molecule has 0 fully saturated rings. The lowest BCUT2D eigenvalue weighted by Gasteiger charge is -2.31. The van der Waals surface area contributed by atoms with E-state index >= 15 is 0 Å². The van der Waals surface area contributed by atoms with Gasteiger partial charge in [0, 0.05) is 29.4 Å². The van der Waals surface area contributed by atoms with Crippen LogP contribution >= 0.6 is 0 Å². The molecule has 9 heteroatoms. The molecule has 2 aliphatic rings. The van der Waals surface area contributed by atoms with Gasteiger partial charge in [0.05, 0.1) is 12.1 Å². The smallest absolute Gasteiger partial charge is 0.292 e. The maximum absolute atomic E-state index is 13.2. The van der Waals surface area contributed by atoms with Crippen LogP contribution in [0, 0.1) is 0 Å². The van der Waals surface area contributed by atoms with Gasteiger partial charge in [-0.25, -0.2) is 9.67 Å². The monoisotopic (exact) mass is 423 g/mol. The number of amides is 1. The van der Waals surface area contributed by atoms with E-state index in [1.54, 1.807) is 46.1 Å². The van der Waals surface area contributed by atoms with Crippen LogP contribution < -0.4 is 10.2 Å². The van der Waals surface area contributed by atoms with Crippen molar-refractivity contribution in [2.75, 3.05) is 11.4 Å². The van der Waals surface area contributed by atoms with Crippen LogP contribution in [0.3, 0.4) is 0 Å². The fourth-order valence-corrected chi connectivity index (χ4v) is 3.71. The predicted molar refractivity (Wildman–Crippen MR) is 110 cm³/mol. The highest BCUT2D eigenvalue weighted by atomic mass is 19.4. The Morgan fingerprint density at radius 3 is 2.65 bits per heavy atom. The normalized spacial score (nSPS) is 14.8. The van der Waals surface area contributed by atoms with Crippen molar-refractivity contribution in [3.8, 4) is 11.3 Å². The number of halogens is 3. The molecule has 6 nitrogen and oxygen atoms in total. The van der Waals surface area contributed by atoms with E-state index in [0.717, 1.165) is 12.1 Å². The minimum atomic E-state index is -4.44. The van der Waals surface area contributed by atoms with Crippen molar-refractivity contribution in [2.24, 2.45) is 4.99 Å². The molecule has 31 heavy (non-hydrogen) atoms. The second-order valence-corrected chi connectivity index (χ2v) is 7.13. The Morgan fingerprint density at radius 2 is 1.87 bits per heavy atom. The summed E-state index contributed by atoms with van der Waals surface area (Å²) in [7, 11) is 0. The largest absolute Gasteiger partial charge is 0.416 e. The number of aliphatic imine (C=N–C) groups is 1. The van der Waals surface area contributed by atoms with E-state index in [1.807, 2.05) is 12.1 Å². The van der Waals surface area contributed by atoms with E-state index in [4.69, 9.17) is 0 Å². The van der Waals surface area contributed by atoms with Gasteiger partial charge in [-0.15, -0.1) is 0 Å². The number of rotatable bonds is 2. The lowest BCUT2D eigenvalue weighted by molar-refractivity contribution is -0.137. The van der Waals surface area contributed by atoms with Crippen molar-refractivity contribution in [1.82, 2.24) is 15.1 Å². The number of carbonyl (C=O) groups excluding carboxylic acids is 1. The van der Waals surface area contributed by atoms with Crippen LogP contribution in [0.5, 0.6) is 0 Å². The molecule has 0 saturated heterocycles. The number of guanidine groups is 1. The summed E-state index contributed by atoms with van der Waals surface area (Å²) in [5, 5.41) is 7.34. The Bertz CT molecular complexity index is 1230. The summed E-state index contributed by atoms with van der Waals surface area (Å²) in [4.78, 5) is 18.9. The third kappa shape index (κ3) is 3.37. The highest BCUT2D eigenvalue weighted by molar-refractivity contribution is 6.12. The second-order valence-electron chi connectivity index (χ2n) is 7.13. The topological polar surface area (TPSA) is 62.5 Å². The number of benzene rings is 2. The molecular weight excluding hydrogens is 407 g/mol. The summed E-state index contributed by atoms with van der Waals surface area (Å²) in [6.07, 6.45) is -0.838. The summed E-state index contributed by atoms with van der Waals surface area (Å²) in [6, 6.07) is 13.9. The van der Waals surface area contributed by atoms with E-state index in [9.17, 15) is 18.0 Å². The van der Waals surface area contributed by atoms with Gasteiger partial charge >= 0.3 is 6.18 Å². The van der Waals surface area contributed by atoms with Crippen LogP contribution in [-0.4, -0.2) is 28.2 Å². The summed E-state index contributed by atoms with van der Waals surface area (Å²) in [5.74, 6) is 0.775. The summed E-state index contributed by atoms with van der Waals surface area (Å²) in [6.45, 7) is 0.643. The predicted octanol–water partition coefficient (Wildman–Crippen LogP) is 4.16. The number of aromatic nitrogens is 2. The first kappa shape index (κ1) is 19.1. The number of nitrogens with zero attached hydrogens (tertiary/aromatic N) is 4. The maximum atomic E-state index is 13.2. The van der Waals surface area contributed by atoms with E-state index < -0.39 is 11.7 Å². The molecule has 0 saturated carbocycles. The molecule has 1 aromatic heterocycles. The summed E-state index contributed by atoms with van der Waals surface area (Å²) in [5.41, 5.74) is 1.29. The lowest BCUT2D eigenvalue weighted by atomic mass is 10.0. The molecule has 1 N–H and O–H groups in total. The molecule has 2 aromatic carbocycles. The zero-order chi connectivity index (χ0) is 21.6. The molecule has 0 radical (unpaired) electrons. The number of anilines is 1. The Balaban J connectivity index is 1.50. The average molecular weight is 423 g/mol. The molecule has 0 bridgehead atoms. The minimum Gasteiger partial charge on any atom is -0.292 e. The summed E-state index contributed by atoms with van der Waals surface area (Å²) < 4.78 is 41.1. The molecule has 1 amide bonds. The molecule has 3 aromatic rings. The first-order chi connectivity index (χ1) is 14.9. The van der Waals surface area contributed by atoms with Crippen molar-refractivity contribution in [2.45, 2.75) is 12.7 Å². The van der Waals surface area contributed by atoms with Crippen LogP contribution in [-0.2, 0) is 12.7 Å². The van der Waals surface area contributed by atoms with E-state index in [0.29, 0.717) is 40.7 Å². The SMILES string of the molecule is O=C(NC1=NCc2c(-c3cccc(C(F)(F)F)c3)nn3c2N1CC=C3)c1ccccc1. The number of alkyl halides is 3. The minimum absolute atomic E-state index is 0.190. The first-order valence-electron chi connectivity index (χ1n) is 9.56. The van der Waals surface area contributed by atoms with Crippen LogP contribution in [0.2, 0.25) is 0 Å². The summed E-state index contributed by atoms with van der Waals surface area (Å²) >= 11 is 0. The van der Waals surface area contributed by atoms with Gasteiger partial charge in [0.1, 0.15) is 11.5 Å². The Hall–Kier alpha value is -3.88. The number of nitrogens with one attached hydrogen (secondary N) is 1. The van der Waals surface area contributed by atoms with Crippen molar-refractivity contribution in [1.29, 1.82) is 0 Å². The van der Waals surface area contributed by atoms with Crippen molar-refractivity contribution >= 4 is 23.9 Å². The van der Waals surface area contributed by atoms with Gasteiger partial charge in [0.2, 0.25) is 5.96 Å². The van der Waals surface area contributed by atoms with Gasteiger partial charge in [0.25, 0.3) is 5.91 Å². The van der Waals surface area contributed by atoms with E-state index in [-0.39, 0.29) is 12.5 Å². The van der Waals surface area contributed by atoms with Gasteiger partial charge in [-0.2, -0.15) is 18.3 Å². The van der Waals surface area contributed by atoms with Gasteiger partial charge in [-0.3, -0.25) is 15.0 Å². The fourth-order valence-electron chi connectivity index (χ4n) is 3.71. The zero-order valence-electron chi connectivity index (χ0n) is 16.1. The molecule has 0 spiro atoms. The third-order valence-corrected chi connectivity index (χ3v) is 5.14. The van der Waals surface area contributed by atoms with E-state index in [1.165, 1.54) is 6.07 Å². The van der Waals surface area contributed by atoms with Crippen LogP contribution in [0.4, 0.5) is 19.0 Å². The maximum Gasteiger partial charge on any atom is 0.416 e. The van der Waals surface area contributed by atoms with Crippen molar-refractivity contribution < 1.29 is 18.0 Å². The van der Waals surface area contributed by atoms with Gasteiger partial charge in [-0.1, -0.05) is 30.3 Å². The molecule has 5 rings (SSSR count). The fraction of sp³-hybridized carbons (Fsp3) is 0.136. The first-order valence-corrected chi connectivity index (χ1v) is 9.56. The standard InChI is InChI=1S/C22H16F3N5O/c23-22(24,25)16-9-4-8-15(12-16)18-17-13-26-21(27-19(31)14-6-2-1-3-7-14)29-10-5-11-30(28-18)20(17)29/h1-9,11-12H,10,13H2,(H,26,27,31). The number of hydrogen-bond acceptors (Lipinski definition) is 4. The Morgan fingerprint density at radius 1 is 1.06 bits per heavy atom. The van der Waals surface area contributed by atoms with Crippen molar-refractivity contribution in [3.05, 3.63) is 77.4 Å². The second kappa shape index (κ2) is 7.12. The molecule has 156 valence electrons. The Labute approximate surface area is 175 Å². The van der Waals surface area contributed by atoms with Gasteiger partial charge < -0.3 is 0 Å². The Kier molecular flexibility index (Phi) is 4.39. The van der Waals surface area contributed by atoms with Crippen molar-refractivity contribution in [3.63, 3.8) is 0 Å². The lowest BCUT2D eigenvalue weighted by Crippen LogP contribution is -2.47. The molecule has 3 heterocycles. The van der Waals surface area contributed by atoms with Crippen LogP contribution in [0.15, 0.2) is 65.7 Å². The van der Waals surface area contributed by atoms with Crippen LogP contribution in [0.1, 0.15) is 21.5 Å². The highest BCUT2D eigenvalue weighted by Crippen LogP contribution is 2.38. The van der Waals surface area contributed by atoms with Gasteiger partial charge in [0.15, 0.2) is 0 Å². The third-order valence-electron chi connectivity index (χ3n) is 5.14. The number of hydrogen-bond donors (Lipinski definition) is 1. The van der Waals surface area contributed by atoms with Crippen LogP contribution in [0.25, 0.3) is 17.5 Å². The molecule has 0 unspecified atom stereocenters. The molecule has 0 aliphatic carbocycles. The molecular formula is C22H16F3N5O. The highest BCUT2D eigenvalue weighted by Gasteiger charge is 2.33. The van der Waals surface area contributed by atoms with E-state index in [2.05, 4.69) is 15.4 Å². The average Bonchev–Trinajstić information content (AvgIpc) is 3.16. The van der Waals surface area contributed by atoms with Gasteiger partial charge in [-0.05, 0) is 30.3 Å².